The van der Waals surface area contributed by atoms with Gasteiger partial charge in [-0.05, 0) is 17.7 Å². The van der Waals surface area contributed by atoms with Gasteiger partial charge in [-0.15, -0.1) is 12.4 Å². The summed E-state index contributed by atoms with van der Waals surface area (Å²) >= 11 is 0. The van der Waals surface area contributed by atoms with Crippen molar-refractivity contribution in [2.75, 3.05) is 31.1 Å². The van der Waals surface area contributed by atoms with Crippen LogP contribution < -0.4 is 15.0 Å². The number of rotatable bonds is 4. The Labute approximate surface area is 153 Å². The predicted octanol–water partition coefficient (Wildman–Crippen LogP) is 2.38. The van der Waals surface area contributed by atoms with Gasteiger partial charge >= 0.3 is 0 Å². The van der Waals surface area contributed by atoms with E-state index in [0.29, 0.717) is 12.5 Å². The number of anilines is 1. The number of fused-ring (bicyclic) bond motifs is 1. The van der Waals surface area contributed by atoms with E-state index in [0.717, 1.165) is 48.5 Å². The molecule has 3 heterocycles. The van der Waals surface area contributed by atoms with Crippen LogP contribution in [0.2, 0.25) is 0 Å². The van der Waals surface area contributed by atoms with Gasteiger partial charge in [0.25, 0.3) is 0 Å². The number of aromatic nitrogens is 3. The van der Waals surface area contributed by atoms with Crippen LogP contribution in [0.4, 0.5) is 5.82 Å². The van der Waals surface area contributed by atoms with Crippen molar-refractivity contribution in [2.24, 2.45) is 7.05 Å². The fourth-order valence-corrected chi connectivity index (χ4v) is 2.99. The molecule has 1 saturated heterocycles. The van der Waals surface area contributed by atoms with Crippen LogP contribution >= 0.6 is 12.4 Å². The van der Waals surface area contributed by atoms with E-state index < -0.39 is 0 Å². The van der Waals surface area contributed by atoms with E-state index in [2.05, 4.69) is 38.5 Å². The molecule has 25 heavy (non-hydrogen) atoms. The highest BCUT2D eigenvalue weighted by atomic mass is 35.5. The van der Waals surface area contributed by atoms with Crippen LogP contribution in [0.3, 0.4) is 0 Å². The van der Waals surface area contributed by atoms with Crippen LogP contribution in [0.1, 0.15) is 5.56 Å². The smallest absolute Gasteiger partial charge is 0.215 e. The van der Waals surface area contributed by atoms with Crippen LogP contribution in [0, 0.1) is 0 Å². The highest BCUT2D eigenvalue weighted by Crippen LogP contribution is 2.19. The van der Waals surface area contributed by atoms with Gasteiger partial charge in [-0.1, -0.05) is 18.2 Å². The molecule has 0 spiro atoms. The van der Waals surface area contributed by atoms with Crippen LogP contribution in [-0.4, -0.2) is 40.9 Å². The highest BCUT2D eigenvalue weighted by molar-refractivity contribution is 5.85. The van der Waals surface area contributed by atoms with E-state index in [9.17, 15) is 0 Å². The second-order valence-corrected chi connectivity index (χ2v) is 6.02. The molecular formula is C18H22ClN5O. The Morgan fingerprint density at radius 2 is 2.00 bits per heavy atom. The van der Waals surface area contributed by atoms with Crippen molar-refractivity contribution in [1.82, 2.24) is 20.1 Å². The molecule has 0 amide bonds. The van der Waals surface area contributed by atoms with E-state index >= 15 is 0 Å². The zero-order valence-corrected chi connectivity index (χ0v) is 15.0. The number of piperazine rings is 1. The van der Waals surface area contributed by atoms with Crippen LogP contribution in [0.25, 0.3) is 10.9 Å². The number of nitrogens with zero attached hydrogens (tertiary/aromatic N) is 4. The maximum Gasteiger partial charge on any atom is 0.215 e. The molecule has 0 bridgehead atoms. The average Bonchev–Trinajstić information content (AvgIpc) is 3.02. The molecule has 1 N–H and O–H groups in total. The largest absolute Gasteiger partial charge is 0.473 e. The molecule has 132 valence electrons. The van der Waals surface area contributed by atoms with Crippen molar-refractivity contribution in [2.45, 2.75) is 6.61 Å². The molecule has 0 aliphatic carbocycles. The minimum absolute atomic E-state index is 0. The third-order valence-corrected chi connectivity index (χ3v) is 4.35. The van der Waals surface area contributed by atoms with Crippen molar-refractivity contribution < 1.29 is 4.74 Å². The number of nitrogens with one attached hydrogen (secondary N) is 1. The molecule has 0 unspecified atom stereocenters. The zero-order valence-electron chi connectivity index (χ0n) is 14.2. The van der Waals surface area contributed by atoms with Gasteiger partial charge in [-0.2, -0.15) is 10.1 Å². The lowest BCUT2D eigenvalue weighted by Gasteiger charge is -2.28. The fourth-order valence-electron chi connectivity index (χ4n) is 2.99. The second-order valence-electron chi connectivity index (χ2n) is 6.02. The lowest BCUT2D eigenvalue weighted by Crippen LogP contribution is -2.43. The molecule has 1 aromatic carbocycles. The summed E-state index contributed by atoms with van der Waals surface area (Å²) in [7, 11) is 1.95. The number of pyridine rings is 1. The molecule has 2 aromatic heterocycles. The Balaban J connectivity index is 0.00000182. The third kappa shape index (κ3) is 3.86. The summed E-state index contributed by atoms with van der Waals surface area (Å²) in [5, 5.41) is 8.77. The molecule has 1 aliphatic heterocycles. The van der Waals surface area contributed by atoms with E-state index in [4.69, 9.17) is 4.74 Å². The molecule has 6 nitrogen and oxygen atoms in total. The van der Waals surface area contributed by atoms with Crippen molar-refractivity contribution in [1.29, 1.82) is 0 Å². The average molecular weight is 360 g/mol. The lowest BCUT2D eigenvalue weighted by molar-refractivity contribution is 0.294. The lowest BCUT2D eigenvalue weighted by atomic mass is 10.2. The third-order valence-electron chi connectivity index (χ3n) is 4.35. The number of benzene rings is 1. The van der Waals surface area contributed by atoms with Crippen LogP contribution in [0.5, 0.6) is 5.88 Å². The Hall–Kier alpha value is -2.31. The number of hydrogen-bond donors (Lipinski definition) is 1. The van der Waals surface area contributed by atoms with Crippen LogP contribution in [-0.2, 0) is 13.7 Å². The summed E-state index contributed by atoms with van der Waals surface area (Å²) in [5.41, 5.74) is 2.22. The maximum absolute atomic E-state index is 5.91. The first-order valence-corrected chi connectivity index (χ1v) is 8.26. The molecule has 7 heteroatoms. The van der Waals surface area contributed by atoms with E-state index in [1.807, 2.05) is 36.1 Å². The maximum atomic E-state index is 5.91. The van der Waals surface area contributed by atoms with Gasteiger partial charge in [-0.3, -0.25) is 4.68 Å². The van der Waals surface area contributed by atoms with Gasteiger partial charge in [-0.25, -0.2) is 0 Å². The zero-order chi connectivity index (χ0) is 16.4. The molecule has 1 fully saturated rings. The Morgan fingerprint density at radius 3 is 2.84 bits per heavy atom. The summed E-state index contributed by atoms with van der Waals surface area (Å²) in [6.45, 7) is 4.45. The van der Waals surface area contributed by atoms with Gasteiger partial charge in [0.15, 0.2) is 0 Å². The van der Waals surface area contributed by atoms with Crippen molar-refractivity contribution in [3.8, 4) is 5.88 Å². The number of hydrogen-bond acceptors (Lipinski definition) is 5. The van der Waals surface area contributed by atoms with Gasteiger partial charge in [0, 0.05) is 44.7 Å². The van der Waals surface area contributed by atoms with E-state index in [1.165, 1.54) is 0 Å². The number of ether oxygens (including phenoxy) is 1. The Morgan fingerprint density at radius 1 is 1.16 bits per heavy atom. The van der Waals surface area contributed by atoms with Crippen molar-refractivity contribution in [3.05, 3.63) is 48.2 Å². The molecule has 0 saturated carbocycles. The molecule has 0 atom stereocenters. The normalized spacial score (nSPS) is 14.4. The first-order chi connectivity index (χ1) is 11.8. The first-order valence-electron chi connectivity index (χ1n) is 8.26. The van der Waals surface area contributed by atoms with Crippen molar-refractivity contribution >= 4 is 29.1 Å². The number of aryl methyl sites for hydroxylation is 1. The Bertz CT molecular complexity index is 844. The molecular weight excluding hydrogens is 338 g/mol. The predicted molar refractivity (Wildman–Crippen MR) is 102 cm³/mol. The topological polar surface area (TPSA) is 55.2 Å². The standard InChI is InChI=1S/C18H21N5O.ClH/c1-22-16-11-14(5-6-15(16)12-20-22)13-24-18-4-2-3-17(21-18)23-9-7-19-8-10-23;/h2-6,11-12,19H,7-10,13H2,1H3;1H. The molecule has 3 aromatic rings. The minimum Gasteiger partial charge on any atom is -0.473 e. The quantitative estimate of drug-likeness (QED) is 0.775. The minimum atomic E-state index is 0. The fraction of sp³-hybridized carbons (Fsp3) is 0.333. The summed E-state index contributed by atoms with van der Waals surface area (Å²) in [5.74, 6) is 1.65. The summed E-state index contributed by atoms with van der Waals surface area (Å²) in [6.07, 6.45) is 1.87. The van der Waals surface area contributed by atoms with E-state index in [1.54, 1.807) is 0 Å². The van der Waals surface area contributed by atoms with Gasteiger partial charge in [0.1, 0.15) is 12.4 Å². The van der Waals surface area contributed by atoms with Crippen LogP contribution in [0.15, 0.2) is 42.6 Å². The molecule has 1 aliphatic rings. The van der Waals surface area contributed by atoms with Crippen molar-refractivity contribution in [3.63, 3.8) is 0 Å². The van der Waals surface area contributed by atoms with Gasteiger partial charge in [0.05, 0.1) is 11.7 Å². The van der Waals surface area contributed by atoms with Gasteiger partial charge < -0.3 is 15.0 Å². The second kappa shape index (κ2) is 7.72. The monoisotopic (exact) mass is 359 g/mol. The summed E-state index contributed by atoms with van der Waals surface area (Å²) < 4.78 is 7.78. The SMILES string of the molecule is Cl.Cn1ncc2ccc(COc3cccc(N4CCNCC4)n3)cc21. The summed E-state index contributed by atoms with van der Waals surface area (Å²) in [4.78, 5) is 6.92. The Kier molecular flexibility index (Phi) is 5.40. The van der Waals surface area contributed by atoms with E-state index in [-0.39, 0.29) is 12.4 Å². The number of halogens is 1. The molecule has 0 radical (unpaired) electrons. The highest BCUT2D eigenvalue weighted by Gasteiger charge is 2.12. The first kappa shape index (κ1) is 17.5. The van der Waals surface area contributed by atoms with Gasteiger partial charge in [0.2, 0.25) is 5.88 Å². The molecule has 4 rings (SSSR count). The summed E-state index contributed by atoms with van der Waals surface area (Å²) in [6, 6.07) is 12.2.